The largest absolute Gasteiger partial charge is 0.368 e. The molecule has 9 heteroatoms. The minimum atomic E-state index is -0.0207. The van der Waals surface area contributed by atoms with Crippen LogP contribution in [0.5, 0.6) is 0 Å². The number of piperazine rings is 1. The molecule has 2 aliphatic heterocycles. The van der Waals surface area contributed by atoms with Crippen LogP contribution in [-0.4, -0.2) is 65.3 Å². The normalized spacial score (nSPS) is 16.2. The Hall–Kier alpha value is -1.97. The standard InChI is InChI=1S/C22H23BrN4O2S2/c23-17-3-1-2-16(14-17)21(29)27-11-9-26(10-12-27)19-6-4-18(5-7-19)25-20(28)15-31-22-24-8-13-30-22/h1-7,14H,8-13,15H2,(H,25,28). The lowest BCUT2D eigenvalue weighted by Gasteiger charge is -2.36. The third-order valence-corrected chi connectivity index (χ3v) is 7.78. The summed E-state index contributed by atoms with van der Waals surface area (Å²) in [6, 6.07) is 15.4. The first kappa shape index (κ1) is 22.2. The highest BCUT2D eigenvalue weighted by atomic mass is 79.9. The van der Waals surface area contributed by atoms with Crippen LogP contribution < -0.4 is 10.2 Å². The third kappa shape index (κ3) is 6.05. The lowest BCUT2D eigenvalue weighted by atomic mass is 10.1. The first-order chi connectivity index (χ1) is 15.1. The number of benzene rings is 2. The summed E-state index contributed by atoms with van der Waals surface area (Å²) in [5.41, 5.74) is 2.59. The van der Waals surface area contributed by atoms with Gasteiger partial charge in [-0.05, 0) is 42.5 Å². The van der Waals surface area contributed by atoms with E-state index in [4.69, 9.17) is 0 Å². The SMILES string of the molecule is O=C(CSC1=NCCS1)Nc1ccc(N2CCN(C(=O)c3cccc(Br)c3)CC2)cc1. The quantitative estimate of drug-likeness (QED) is 0.642. The van der Waals surface area contributed by atoms with Crippen molar-refractivity contribution in [1.82, 2.24) is 4.90 Å². The van der Waals surface area contributed by atoms with E-state index < -0.39 is 0 Å². The monoisotopic (exact) mass is 518 g/mol. The van der Waals surface area contributed by atoms with Crippen molar-refractivity contribution in [3.63, 3.8) is 0 Å². The van der Waals surface area contributed by atoms with E-state index in [-0.39, 0.29) is 11.8 Å². The van der Waals surface area contributed by atoms with E-state index in [1.807, 2.05) is 53.4 Å². The summed E-state index contributed by atoms with van der Waals surface area (Å²) in [6.45, 7) is 3.78. The highest BCUT2D eigenvalue weighted by Gasteiger charge is 2.22. The first-order valence-corrected chi connectivity index (χ1v) is 12.8. The van der Waals surface area contributed by atoms with Gasteiger partial charge in [0.2, 0.25) is 5.91 Å². The van der Waals surface area contributed by atoms with Gasteiger partial charge in [-0.25, -0.2) is 0 Å². The van der Waals surface area contributed by atoms with Crippen molar-refractivity contribution >= 4 is 67.0 Å². The van der Waals surface area contributed by atoms with Gasteiger partial charge in [-0.3, -0.25) is 14.6 Å². The number of thioether (sulfide) groups is 2. The molecule has 0 bridgehead atoms. The molecule has 1 N–H and O–H groups in total. The lowest BCUT2D eigenvalue weighted by molar-refractivity contribution is -0.113. The molecular weight excluding hydrogens is 496 g/mol. The van der Waals surface area contributed by atoms with Crippen LogP contribution in [0.1, 0.15) is 10.4 Å². The maximum atomic E-state index is 12.7. The molecule has 0 radical (unpaired) electrons. The third-order valence-electron chi connectivity index (χ3n) is 5.04. The van der Waals surface area contributed by atoms with E-state index in [1.165, 1.54) is 11.8 Å². The number of rotatable bonds is 5. The van der Waals surface area contributed by atoms with Gasteiger partial charge in [-0.2, -0.15) is 0 Å². The highest BCUT2D eigenvalue weighted by molar-refractivity contribution is 9.10. The predicted octanol–water partition coefficient (Wildman–Crippen LogP) is 4.19. The number of hydrogen-bond donors (Lipinski definition) is 1. The number of anilines is 2. The van der Waals surface area contributed by atoms with Gasteiger partial charge in [0.05, 0.1) is 12.3 Å². The van der Waals surface area contributed by atoms with E-state index in [2.05, 4.69) is 31.1 Å². The Morgan fingerprint density at radius 3 is 2.55 bits per heavy atom. The molecule has 1 saturated heterocycles. The van der Waals surface area contributed by atoms with Crippen molar-refractivity contribution in [3.8, 4) is 0 Å². The second-order valence-electron chi connectivity index (χ2n) is 7.17. The van der Waals surface area contributed by atoms with Crippen molar-refractivity contribution in [2.24, 2.45) is 4.99 Å². The Morgan fingerprint density at radius 2 is 1.87 bits per heavy atom. The molecule has 2 amide bonds. The second kappa shape index (κ2) is 10.6. The summed E-state index contributed by atoms with van der Waals surface area (Å²) in [6.07, 6.45) is 0. The fourth-order valence-corrected chi connectivity index (χ4v) is 5.66. The molecule has 0 saturated carbocycles. The van der Waals surface area contributed by atoms with Gasteiger partial charge in [0, 0.05) is 53.3 Å². The zero-order valence-electron chi connectivity index (χ0n) is 16.9. The van der Waals surface area contributed by atoms with Gasteiger partial charge in [0.25, 0.3) is 5.91 Å². The van der Waals surface area contributed by atoms with Crippen molar-refractivity contribution < 1.29 is 9.59 Å². The molecule has 2 heterocycles. The zero-order chi connectivity index (χ0) is 21.6. The van der Waals surface area contributed by atoms with Crippen LogP contribution in [0.2, 0.25) is 0 Å². The number of nitrogens with one attached hydrogen (secondary N) is 1. The fraction of sp³-hybridized carbons (Fsp3) is 0.318. The highest BCUT2D eigenvalue weighted by Crippen LogP contribution is 2.23. The summed E-state index contributed by atoms with van der Waals surface area (Å²) in [5, 5.41) is 2.94. The number of halogens is 1. The molecule has 2 aliphatic rings. The minimum absolute atomic E-state index is 0.0207. The number of aliphatic imine (C=N–C) groups is 1. The molecule has 0 aliphatic carbocycles. The number of nitrogens with zero attached hydrogens (tertiary/aromatic N) is 3. The Bertz CT molecular complexity index is 976. The molecule has 4 rings (SSSR count). The van der Waals surface area contributed by atoms with Crippen LogP contribution in [0.25, 0.3) is 0 Å². The van der Waals surface area contributed by atoms with Crippen LogP contribution >= 0.6 is 39.5 Å². The second-order valence-corrected chi connectivity index (χ2v) is 10.4. The first-order valence-electron chi connectivity index (χ1n) is 10.1. The van der Waals surface area contributed by atoms with Gasteiger partial charge in [-0.1, -0.05) is 45.5 Å². The number of carbonyl (C=O) groups is 2. The molecule has 0 unspecified atom stereocenters. The molecule has 1 fully saturated rings. The van der Waals surface area contributed by atoms with Crippen molar-refractivity contribution in [3.05, 3.63) is 58.6 Å². The van der Waals surface area contributed by atoms with Crippen molar-refractivity contribution in [2.45, 2.75) is 0 Å². The number of hydrogen-bond acceptors (Lipinski definition) is 6. The topological polar surface area (TPSA) is 65.0 Å². The summed E-state index contributed by atoms with van der Waals surface area (Å²) in [4.78, 5) is 33.4. The average molecular weight is 519 g/mol. The maximum Gasteiger partial charge on any atom is 0.254 e. The molecule has 31 heavy (non-hydrogen) atoms. The maximum absolute atomic E-state index is 12.7. The smallest absolute Gasteiger partial charge is 0.254 e. The van der Waals surface area contributed by atoms with Gasteiger partial charge in [-0.15, -0.1) is 0 Å². The van der Waals surface area contributed by atoms with Gasteiger partial charge in [0.1, 0.15) is 4.38 Å². The number of carbonyl (C=O) groups excluding carboxylic acids is 2. The van der Waals surface area contributed by atoms with Crippen LogP contribution in [0.15, 0.2) is 58.0 Å². The van der Waals surface area contributed by atoms with E-state index in [1.54, 1.807) is 11.8 Å². The van der Waals surface area contributed by atoms with Gasteiger partial charge in [0.15, 0.2) is 0 Å². The van der Waals surface area contributed by atoms with E-state index >= 15 is 0 Å². The summed E-state index contributed by atoms with van der Waals surface area (Å²) >= 11 is 6.63. The Kier molecular flexibility index (Phi) is 7.58. The van der Waals surface area contributed by atoms with E-state index in [9.17, 15) is 9.59 Å². The average Bonchev–Trinajstić information content (AvgIpc) is 3.32. The molecule has 0 aromatic heterocycles. The Balaban J connectivity index is 1.26. The van der Waals surface area contributed by atoms with Gasteiger partial charge < -0.3 is 15.1 Å². The van der Waals surface area contributed by atoms with E-state index in [0.29, 0.717) is 24.4 Å². The van der Waals surface area contributed by atoms with Gasteiger partial charge >= 0.3 is 0 Å². The predicted molar refractivity (Wildman–Crippen MR) is 135 cm³/mol. The summed E-state index contributed by atoms with van der Waals surface area (Å²) in [5.74, 6) is 1.44. The molecule has 0 spiro atoms. The summed E-state index contributed by atoms with van der Waals surface area (Å²) in [7, 11) is 0. The molecule has 6 nitrogen and oxygen atoms in total. The van der Waals surface area contributed by atoms with E-state index in [0.717, 1.165) is 45.6 Å². The van der Waals surface area contributed by atoms with Crippen LogP contribution in [0, 0.1) is 0 Å². The molecule has 2 aromatic rings. The van der Waals surface area contributed by atoms with Crippen LogP contribution in [0.3, 0.4) is 0 Å². The van der Waals surface area contributed by atoms with Crippen LogP contribution in [0.4, 0.5) is 11.4 Å². The molecule has 162 valence electrons. The zero-order valence-corrected chi connectivity index (χ0v) is 20.1. The molecule has 0 atom stereocenters. The Labute approximate surface area is 199 Å². The molecule has 2 aromatic carbocycles. The fourth-order valence-electron chi connectivity index (χ4n) is 3.45. The lowest BCUT2D eigenvalue weighted by Crippen LogP contribution is -2.48. The molecular formula is C22H23BrN4O2S2. The Morgan fingerprint density at radius 1 is 1.10 bits per heavy atom. The number of amides is 2. The summed E-state index contributed by atoms with van der Waals surface area (Å²) < 4.78 is 1.91. The minimum Gasteiger partial charge on any atom is -0.368 e. The van der Waals surface area contributed by atoms with Crippen LogP contribution in [-0.2, 0) is 4.79 Å². The van der Waals surface area contributed by atoms with Crippen molar-refractivity contribution in [1.29, 1.82) is 0 Å². The van der Waals surface area contributed by atoms with Crippen molar-refractivity contribution in [2.75, 3.05) is 54.4 Å².